The van der Waals surface area contributed by atoms with Crippen LogP contribution in [0.2, 0.25) is 0 Å². The first-order valence-electron chi connectivity index (χ1n) is 14.8. The smallest absolute Gasteiger partial charge is 0.139 e. The van der Waals surface area contributed by atoms with Gasteiger partial charge in [0.15, 0.2) is 0 Å². The second kappa shape index (κ2) is 11.4. The molecular weight excluding hydrogens is 404 g/mol. The molecule has 188 valence electrons. The third-order valence-electron chi connectivity index (χ3n) is 10.6. The molecule has 3 fully saturated rings. The summed E-state index contributed by atoms with van der Waals surface area (Å²) in [5.41, 5.74) is 2.07. The van der Waals surface area contributed by atoms with E-state index in [2.05, 4.69) is 26.8 Å². The minimum Gasteiger partial charge on any atom is -0.378 e. The van der Waals surface area contributed by atoms with Gasteiger partial charge in [0, 0.05) is 18.4 Å². The van der Waals surface area contributed by atoms with E-state index < -0.39 is 0 Å². The Morgan fingerprint density at radius 1 is 0.848 bits per heavy atom. The van der Waals surface area contributed by atoms with Crippen LogP contribution in [0.25, 0.3) is 0 Å². The van der Waals surface area contributed by atoms with E-state index in [1.165, 1.54) is 96.3 Å². The molecule has 4 aliphatic carbocycles. The van der Waals surface area contributed by atoms with Crippen LogP contribution in [-0.2, 0) is 9.53 Å². The molecule has 0 saturated heterocycles. The van der Waals surface area contributed by atoms with Crippen LogP contribution < -0.4 is 0 Å². The zero-order valence-corrected chi connectivity index (χ0v) is 22.1. The van der Waals surface area contributed by atoms with Gasteiger partial charge in [-0.3, -0.25) is 4.79 Å². The molecule has 0 bridgehead atoms. The normalized spacial score (nSPS) is 37.9. The van der Waals surface area contributed by atoms with Crippen molar-refractivity contribution in [2.45, 2.75) is 142 Å². The maximum absolute atomic E-state index is 12.6. The van der Waals surface area contributed by atoms with Crippen molar-refractivity contribution in [1.29, 1.82) is 0 Å². The van der Waals surface area contributed by atoms with Crippen LogP contribution in [0.4, 0.5) is 0 Å². The zero-order valence-electron chi connectivity index (χ0n) is 22.1. The number of unbranched alkanes of at least 4 members (excludes halogenated alkanes) is 9. The quantitative estimate of drug-likeness (QED) is 0.216. The van der Waals surface area contributed by atoms with E-state index in [0.717, 1.165) is 37.7 Å². The minimum atomic E-state index is -0.00175. The van der Waals surface area contributed by atoms with Crippen LogP contribution in [0.5, 0.6) is 0 Å². The standard InChI is InChI=1S/C31H52O2/c1-4-5-6-7-8-9-10-11-12-13-22-33-25-18-20-30(2)24(23-25)14-15-26-27-16-17-29(32)31(27,3)21-19-28(26)30/h14,25-28H,4-13,15-23H2,1-3H3/t25-,26-,27-,28-,30-,31-/m0/s1. The molecule has 3 saturated carbocycles. The first-order valence-corrected chi connectivity index (χ1v) is 14.8. The predicted molar refractivity (Wildman–Crippen MR) is 138 cm³/mol. The molecule has 2 heteroatoms. The number of carbonyl (C=O) groups is 1. The summed E-state index contributed by atoms with van der Waals surface area (Å²) in [5.74, 6) is 2.75. The number of ketones is 1. The molecule has 2 nitrogen and oxygen atoms in total. The molecule has 4 aliphatic rings. The van der Waals surface area contributed by atoms with Crippen LogP contribution in [0, 0.1) is 28.6 Å². The molecule has 0 aromatic heterocycles. The fourth-order valence-corrected chi connectivity index (χ4v) is 8.38. The van der Waals surface area contributed by atoms with Gasteiger partial charge in [-0.25, -0.2) is 0 Å². The molecule has 0 radical (unpaired) electrons. The van der Waals surface area contributed by atoms with Crippen LogP contribution in [0.15, 0.2) is 11.6 Å². The van der Waals surface area contributed by atoms with Crippen LogP contribution in [-0.4, -0.2) is 18.5 Å². The monoisotopic (exact) mass is 456 g/mol. The lowest BCUT2D eigenvalue weighted by molar-refractivity contribution is -0.132. The van der Waals surface area contributed by atoms with Crippen molar-refractivity contribution >= 4 is 5.78 Å². The van der Waals surface area contributed by atoms with Gasteiger partial charge in [0.05, 0.1) is 6.10 Å². The second-order valence-electron chi connectivity index (χ2n) is 12.6. The van der Waals surface area contributed by atoms with Gasteiger partial charge >= 0.3 is 0 Å². The number of rotatable bonds is 12. The lowest BCUT2D eigenvalue weighted by Crippen LogP contribution is -2.50. The molecule has 0 amide bonds. The van der Waals surface area contributed by atoms with E-state index in [4.69, 9.17) is 4.74 Å². The number of Topliss-reactive ketones (excluding diaryl/α,β-unsaturated/α-hetero) is 1. The highest BCUT2D eigenvalue weighted by Crippen LogP contribution is 2.64. The zero-order chi connectivity index (χ0) is 23.3. The summed E-state index contributed by atoms with van der Waals surface area (Å²) < 4.78 is 6.40. The van der Waals surface area contributed by atoms with Gasteiger partial charge in [0.25, 0.3) is 0 Å². The van der Waals surface area contributed by atoms with E-state index in [-0.39, 0.29) is 5.41 Å². The molecule has 0 aliphatic heterocycles. The molecule has 0 N–H and O–H groups in total. The highest BCUT2D eigenvalue weighted by atomic mass is 16.5. The van der Waals surface area contributed by atoms with Gasteiger partial charge in [0.2, 0.25) is 0 Å². The van der Waals surface area contributed by atoms with Crippen molar-refractivity contribution in [1.82, 2.24) is 0 Å². The number of fused-ring (bicyclic) bond motifs is 5. The van der Waals surface area contributed by atoms with Crippen molar-refractivity contribution in [3.8, 4) is 0 Å². The fourth-order valence-electron chi connectivity index (χ4n) is 8.38. The largest absolute Gasteiger partial charge is 0.378 e. The Morgan fingerprint density at radius 3 is 2.21 bits per heavy atom. The Balaban J connectivity index is 1.17. The summed E-state index contributed by atoms with van der Waals surface area (Å²) >= 11 is 0. The average Bonchev–Trinajstić information content (AvgIpc) is 3.12. The number of carbonyl (C=O) groups excluding carboxylic acids is 1. The van der Waals surface area contributed by atoms with Crippen molar-refractivity contribution in [3.05, 3.63) is 11.6 Å². The number of hydrogen-bond donors (Lipinski definition) is 0. The Kier molecular flexibility index (Phi) is 8.80. The topological polar surface area (TPSA) is 26.3 Å². The number of allylic oxidation sites excluding steroid dienone is 1. The molecule has 0 heterocycles. The summed E-state index contributed by atoms with van der Waals surface area (Å²) in [5, 5.41) is 0. The number of hydrogen-bond acceptors (Lipinski definition) is 2. The van der Waals surface area contributed by atoms with Crippen LogP contribution in [0.1, 0.15) is 136 Å². The van der Waals surface area contributed by atoms with E-state index in [0.29, 0.717) is 23.2 Å². The van der Waals surface area contributed by atoms with Gasteiger partial charge in [-0.2, -0.15) is 0 Å². The highest BCUT2D eigenvalue weighted by molar-refractivity contribution is 5.87. The van der Waals surface area contributed by atoms with Gasteiger partial charge in [0.1, 0.15) is 5.78 Å². The van der Waals surface area contributed by atoms with Gasteiger partial charge in [-0.1, -0.05) is 90.2 Å². The third-order valence-corrected chi connectivity index (χ3v) is 10.6. The Labute approximate surface area is 204 Å². The maximum atomic E-state index is 12.6. The van der Waals surface area contributed by atoms with E-state index in [1.807, 2.05) is 0 Å². The molecule has 0 unspecified atom stereocenters. The highest BCUT2D eigenvalue weighted by Gasteiger charge is 2.58. The first-order chi connectivity index (χ1) is 16.0. The second-order valence-corrected chi connectivity index (χ2v) is 12.6. The van der Waals surface area contributed by atoms with Crippen LogP contribution >= 0.6 is 0 Å². The average molecular weight is 457 g/mol. The summed E-state index contributed by atoms with van der Waals surface area (Å²) in [7, 11) is 0. The Morgan fingerprint density at radius 2 is 1.48 bits per heavy atom. The lowest BCUT2D eigenvalue weighted by atomic mass is 9.48. The minimum absolute atomic E-state index is 0.00175. The van der Waals surface area contributed by atoms with Crippen molar-refractivity contribution < 1.29 is 9.53 Å². The summed E-state index contributed by atoms with van der Waals surface area (Å²) in [6.45, 7) is 8.11. The summed E-state index contributed by atoms with van der Waals surface area (Å²) in [6, 6.07) is 0. The Bertz CT molecular complexity index is 680. The van der Waals surface area contributed by atoms with E-state index in [1.54, 1.807) is 5.57 Å². The summed E-state index contributed by atoms with van der Waals surface area (Å²) in [4.78, 5) is 12.6. The van der Waals surface area contributed by atoms with Crippen molar-refractivity contribution in [2.75, 3.05) is 6.61 Å². The SMILES string of the molecule is CCCCCCCCCCCCO[C@H]1CC[C@@]2(C)C(=CC[C@@H]3[C@@H]2CC[C@]2(C)C(=O)CC[C@@H]32)C1. The predicted octanol–water partition coefficient (Wildman–Crippen LogP) is 8.82. The first kappa shape index (κ1) is 25.5. The van der Waals surface area contributed by atoms with E-state index >= 15 is 0 Å². The molecule has 0 aromatic rings. The Hall–Kier alpha value is -0.630. The van der Waals surface area contributed by atoms with Gasteiger partial charge in [-0.15, -0.1) is 0 Å². The van der Waals surface area contributed by atoms with Gasteiger partial charge in [-0.05, 0) is 74.5 Å². The van der Waals surface area contributed by atoms with E-state index in [9.17, 15) is 4.79 Å². The lowest BCUT2D eigenvalue weighted by Gasteiger charge is -2.57. The van der Waals surface area contributed by atoms with Gasteiger partial charge < -0.3 is 4.74 Å². The summed E-state index contributed by atoms with van der Waals surface area (Å²) in [6.07, 6.45) is 26.2. The molecule has 6 atom stereocenters. The fraction of sp³-hybridized carbons (Fsp3) is 0.903. The molecule has 0 spiro atoms. The maximum Gasteiger partial charge on any atom is 0.139 e. The number of ether oxygens (including phenoxy) is 1. The molecule has 33 heavy (non-hydrogen) atoms. The third kappa shape index (κ3) is 5.46. The van der Waals surface area contributed by atoms with Crippen molar-refractivity contribution in [3.63, 3.8) is 0 Å². The van der Waals surface area contributed by atoms with Crippen LogP contribution in [0.3, 0.4) is 0 Å². The molecule has 0 aromatic carbocycles. The molecular formula is C31H52O2. The van der Waals surface area contributed by atoms with Crippen molar-refractivity contribution in [2.24, 2.45) is 28.6 Å². The molecule has 4 rings (SSSR count).